The zero-order chi connectivity index (χ0) is 26.7. The van der Waals surface area contributed by atoms with Crippen molar-refractivity contribution in [2.45, 2.75) is 34.2 Å². The molecular weight excluding hydrogens is 466 g/mol. The number of aryl methyl sites for hydroxylation is 4. The van der Waals surface area contributed by atoms with Gasteiger partial charge in [-0.15, -0.1) is 0 Å². The molecule has 4 rings (SSSR count). The molecule has 2 aromatic carbocycles. The molecule has 0 aliphatic carbocycles. The number of aromatic nitrogens is 1. The van der Waals surface area contributed by atoms with Crippen molar-refractivity contribution in [3.05, 3.63) is 92.4 Å². The molecule has 0 atom stereocenters. The number of benzene rings is 2. The number of nitrogens with one attached hydrogen (secondary N) is 1. The van der Waals surface area contributed by atoms with Crippen molar-refractivity contribution >= 4 is 23.2 Å². The molecule has 0 radical (unpaired) electrons. The Balaban J connectivity index is 1.36. The number of rotatable bonds is 5. The van der Waals surface area contributed by atoms with Gasteiger partial charge in [-0.25, -0.2) is 0 Å². The largest absolute Gasteiger partial charge is 0.368 e. The first-order valence-corrected chi connectivity index (χ1v) is 12.3. The summed E-state index contributed by atoms with van der Waals surface area (Å²) in [6, 6.07) is 16.8. The lowest BCUT2D eigenvalue weighted by Crippen LogP contribution is -2.49. The molecule has 8 nitrogen and oxygen atoms in total. The Morgan fingerprint density at radius 1 is 0.919 bits per heavy atom. The number of hydrogen-bond acceptors (Lipinski definition) is 5. The number of amides is 2. The monoisotopic (exact) mass is 497 g/mol. The summed E-state index contributed by atoms with van der Waals surface area (Å²) < 4.78 is 1.29. The highest BCUT2D eigenvalue weighted by atomic mass is 16.2. The van der Waals surface area contributed by atoms with Crippen molar-refractivity contribution in [2.24, 2.45) is 0 Å². The van der Waals surface area contributed by atoms with Crippen LogP contribution in [-0.4, -0.2) is 47.5 Å². The van der Waals surface area contributed by atoms with E-state index < -0.39 is 5.56 Å². The SMILES string of the molecule is Cc1ccc(C)c(N2CCN(C(=O)c3ccc(NC(=O)Cn4c(C)cc(C)c(C#N)c4=O)cc3)CC2)c1. The topological polar surface area (TPSA) is 98.4 Å². The number of anilines is 2. The summed E-state index contributed by atoms with van der Waals surface area (Å²) in [5.74, 6) is -0.427. The third-order valence-corrected chi connectivity index (χ3v) is 6.81. The van der Waals surface area contributed by atoms with Gasteiger partial charge in [0.15, 0.2) is 0 Å². The van der Waals surface area contributed by atoms with Crippen LogP contribution in [-0.2, 0) is 11.3 Å². The van der Waals surface area contributed by atoms with E-state index in [1.165, 1.54) is 21.4 Å². The predicted octanol–water partition coefficient (Wildman–Crippen LogP) is 3.55. The van der Waals surface area contributed by atoms with Gasteiger partial charge in [0, 0.05) is 48.8 Å². The summed E-state index contributed by atoms with van der Waals surface area (Å²) in [6.07, 6.45) is 0. The molecule has 3 aromatic rings. The van der Waals surface area contributed by atoms with Crippen LogP contribution in [0.5, 0.6) is 0 Å². The van der Waals surface area contributed by atoms with Gasteiger partial charge in [-0.3, -0.25) is 14.4 Å². The van der Waals surface area contributed by atoms with Gasteiger partial charge in [0.2, 0.25) is 5.91 Å². The maximum Gasteiger partial charge on any atom is 0.269 e. The molecule has 1 aliphatic heterocycles. The highest BCUT2D eigenvalue weighted by molar-refractivity contribution is 5.96. The normalized spacial score (nSPS) is 13.3. The Kier molecular flexibility index (Phi) is 7.44. The minimum atomic E-state index is -0.478. The van der Waals surface area contributed by atoms with Gasteiger partial charge >= 0.3 is 0 Å². The van der Waals surface area contributed by atoms with Gasteiger partial charge in [-0.2, -0.15) is 5.26 Å². The molecule has 1 aliphatic rings. The summed E-state index contributed by atoms with van der Waals surface area (Å²) in [5, 5.41) is 12.0. The molecule has 0 unspecified atom stereocenters. The quantitative estimate of drug-likeness (QED) is 0.581. The average molecular weight is 498 g/mol. The molecule has 8 heteroatoms. The zero-order valence-electron chi connectivity index (χ0n) is 21.7. The van der Waals surface area contributed by atoms with Crippen LogP contribution >= 0.6 is 0 Å². The van der Waals surface area contributed by atoms with Gasteiger partial charge in [0.1, 0.15) is 18.2 Å². The minimum absolute atomic E-state index is 0.0376. The number of piperazine rings is 1. The minimum Gasteiger partial charge on any atom is -0.368 e. The van der Waals surface area contributed by atoms with E-state index in [0.29, 0.717) is 35.6 Å². The lowest BCUT2D eigenvalue weighted by Gasteiger charge is -2.37. The summed E-state index contributed by atoms with van der Waals surface area (Å²) in [6.45, 7) is 10.2. The fraction of sp³-hybridized carbons (Fsp3) is 0.310. The smallest absolute Gasteiger partial charge is 0.269 e. The second-order valence-corrected chi connectivity index (χ2v) is 9.54. The van der Waals surface area contributed by atoms with Crippen LogP contribution in [0.15, 0.2) is 53.3 Å². The first-order valence-electron chi connectivity index (χ1n) is 12.3. The molecule has 1 saturated heterocycles. The molecular formula is C29H31N5O3. The first-order chi connectivity index (χ1) is 17.7. The fourth-order valence-electron chi connectivity index (χ4n) is 4.69. The van der Waals surface area contributed by atoms with Crippen molar-refractivity contribution < 1.29 is 9.59 Å². The summed E-state index contributed by atoms with van der Waals surface area (Å²) >= 11 is 0. The van der Waals surface area contributed by atoms with Crippen LogP contribution in [0.2, 0.25) is 0 Å². The second kappa shape index (κ2) is 10.7. The van der Waals surface area contributed by atoms with Crippen LogP contribution in [0.3, 0.4) is 0 Å². The predicted molar refractivity (Wildman–Crippen MR) is 144 cm³/mol. The van der Waals surface area contributed by atoms with Crippen molar-refractivity contribution in [1.29, 1.82) is 5.26 Å². The summed E-state index contributed by atoms with van der Waals surface area (Å²) in [4.78, 5) is 42.4. The number of carbonyl (C=O) groups excluding carboxylic acids is 2. The second-order valence-electron chi connectivity index (χ2n) is 9.54. The zero-order valence-corrected chi connectivity index (χ0v) is 21.7. The van der Waals surface area contributed by atoms with E-state index in [-0.39, 0.29) is 23.9 Å². The van der Waals surface area contributed by atoms with Crippen molar-refractivity contribution in [3.63, 3.8) is 0 Å². The van der Waals surface area contributed by atoms with Gasteiger partial charge < -0.3 is 19.7 Å². The molecule has 190 valence electrons. The molecule has 2 heterocycles. The lowest BCUT2D eigenvalue weighted by molar-refractivity contribution is -0.116. The van der Waals surface area contributed by atoms with E-state index in [0.717, 1.165) is 13.1 Å². The number of carbonyl (C=O) groups is 2. The Hall–Kier alpha value is -4.38. The molecule has 37 heavy (non-hydrogen) atoms. The molecule has 1 N–H and O–H groups in total. The fourth-order valence-corrected chi connectivity index (χ4v) is 4.69. The van der Waals surface area contributed by atoms with Crippen LogP contribution in [0.1, 0.15) is 38.3 Å². The average Bonchev–Trinajstić information content (AvgIpc) is 2.88. The van der Waals surface area contributed by atoms with Gasteiger partial charge in [-0.1, -0.05) is 12.1 Å². The van der Waals surface area contributed by atoms with E-state index in [9.17, 15) is 19.6 Å². The van der Waals surface area contributed by atoms with E-state index in [4.69, 9.17) is 0 Å². The number of nitrogens with zero attached hydrogens (tertiary/aromatic N) is 4. The standard InChI is InChI=1S/C29H31N5O3/c1-19-5-6-20(2)26(15-19)32-11-13-33(14-12-32)28(36)23-7-9-24(10-8-23)31-27(35)18-34-22(4)16-21(3)25(17-30)29(34)37/h5-10,15-16H,11-14,18H2,1-4H3,(H,31,35). The first kappa shape index (κ1) is 25.7. The maximum absolute atomic E-state index is 13.1. The molecule has 2 amide bonds. The summed E-state index contributed by atoms with van der Waals surface area (Å²) in [7, 11) is 0. The van der Waals surface area contributed by atoms with Gasteiger partial charge in [-0.05, 0) is 80.8 Å². The van der Waals surface area contributed by atoms with Gasteiger partial charge in [0.25, 0.3) is 11.5 Å². The van der Waals surface area contributed by atoms with Crippen LogP contribution < -0.4 is 15.8 Å². The van der Waals surface area contributed by atoms with Gasteiger partial charge in [0.05, 0.1) is 0 Å². The molecule has 1 aromatic heterocycles. The number of nitriles is 1. The van der Waals surface area contributed by atoms with Crippen LogP contribution in [0.4, 0.5) is 11.4 Å². The van der Waals surface area contributed by atoms with Crippen LogP contribution in [0.25, 0.3) is 0 Å². The van der Waals surface area contributed by atoms with E-state index in [2.05, 4.69) is 42.3 Å². The highest BCUT2D eigenvalue weighted by Gasteiger charge is 2.23. The third kappa shape index (κ3) is 5.56. The molecule has 0 saturated carbocycles. The number of pyridine rings is 1. The van der Waals surface area contributed by atoms with E-state index >= 15 is 0 Å². The molecule has 0 spiro atoms. The lowest BCUT2D eigenvalue weighted by atomic mass is 10.1. The summed E-state index contributed by atoms with van der Waals surface area (Å²) in [5.41, 5.74) is 5.52. The highest BCUT2D eigenvalue weighted by Crippen LogP contribution is 2.23. The van der Waals surface area contributed by atoms with Crippen molar-refractivity contribution in [3.8, 4) is 6.07 Å². The third-order valence-electron chi connectivity index (χ3n) is 6.81. The Morgan fingerprint density at radius 3 is 2.24 bits per heavy atom. The molecule has 0 bridgehead atoms. The van der Waals surface area contributed by atoms with E-state index in [1.54, 1.807) is 44.2 Å². The Morgan fingerprint density at radius 2 is 1.59 bits per heavy atom. The van der Waals surface area contributed by atoms with Crippen molar-refractivity contribution in [1.82, 2.24) is 9.47 Å². The number of hydrogen-bond donors (Lipinski definition) is 1. The van der Waals surface area contributed by atoms with Crippen LogP contribution in [0, 0.1) is 39.0 Å². The van der Waals surface area contributed by atoms with Crippen molar-refractivity contribution in [2.75, 3.05) is 36.4 Å². The Bertz CT molecular complexity index is 1440. The Labute approximate surface area is 216 Å². The van der Waals surface area contributed by atoms with E-state index in [1.807, 2.05) is 11.0 Å². The maximum atomic E-state index is 13.1. The molecule has 1 fully saturated rings.